The lowest BCUT2D eigenvalue weighted by Crippen LogP contribution is -2.49. The van der Waals surface area contributed by atoms with Crippen molar-refractivity contribution >= 4 is 17.6 Å². The number of halogens is 3. The molecular weight excluding hydrogens is 427 g/mol. The highest BCUT2D eigenvalue weighted by atomic mass is 19.1. The van der Waals surface area contributed by atoms with Gasteiger partial charge in [0.1, 0.15) is 30.1 Å². The molecule has 1 aliphatic heterocycles. The molecule has 1 unspecified atom stereocenters. The van der Waals surface area contributed by atoms with Gasteiger partial charge in [-0.25, -0.2) is 28.1 Å². The maximum atomic E-state index is 14.3. The summed E-state index contributed by atoms with van der Waals surface area (Å²) in [5.74, 6) is -3.74. The normalized spacial score (nSPS) is 15.6. The lowest BCUT2D eigenvalue weighted by molar-refractivity contribution is -0.120. The Hall–Kier alpha value is -4.02. The topological polar surface area (TPSA) is 97.3 Å². The third kappa shape index (κ3) is 3.96. The van der Waals surface area contributed by atoms with Crippen LogP contribution >= 0.6 is 0 Å². The van der Waals surface area contributed by atoms with E-state index in [9.17, 15) is 22.8 Å². The second-order valence-electron chi connectivity index (χ2n) is 7.05. The van der Waals surface area contributed by atoms with Gasteiger partial charge in [-0.1, -0.05) is 0 Å². The number of likely N-dealkylation sites (N-methyl/N-ethyl adjacent to an activating group) is 1. The third-order valence-electron chi connectivity index (χ3n) is 4.82. The summed E-state index contributed by atoms with van der Waals surface area (Å²) in [6, 6.07) is 3.19. The minimum absolute atomic E-state index is 0.0278. The van der Waals surface area contributed by atoms with Crippen LogP contribution in [0.3, 0.4) is 0 Å². The highest BCUT2D eigenvalue weighted by molar-refractivity contribution is 6.01. The van der Waals surface area contributed by atoms with Gasteiger partial charge in [0.2, 0.25) is 5.82 Å². The zero-order valence-corrected chi connectivity index (χ0v) is 16.9. The number of nitrogens with zero attached hydrogens (tertiary/aromatic N) is 4. The summed E-state index contributed by atoms with van der Waals surface area (Å²) in [7, 11) is 1.41. The maximum absolute atomic E-state index is 14.3. The Morgan fingerprint density at radius 3 is 2.72 bits per heavy atom. The fourth-order valence-corrected chi connectivity index (χ4v) is 3.31. The molecule has 0 fully saturated rings. The molecule has 1 aromatic carbocycles. The molecule has 0 aliphatic carbocycles. The van der Waals surface area contributed by atoms with Crippen LogP contribution in [0.5, 0.6) is 5.75 Å². The molecule has 11 heteroatoms. The first-order valence-corrected chi connectivity index (χ1v) is 9.40. The number of ether oxygens (including phenoxy) is 1. The summed E-state index contributed by atoms with van der Waals surface area (Å²) in [6.45, 7) is 1.23. The fourth-order valence-electron chi connectivity index (χ4n) is 3.31. The lowest BCUT2D eigenvalue weighted by Gasteiger charge is -2.19. The van der Waals surface area contributed by atoms with Crippen LogP contribution in [0.4, 0.5) is 19.0 Å². The molecule has 1 aliphatic rings. The van der Waals surface area contributed by atoms with Gasteiger partial charge in [-0.3, -0.25) is 14.5 Å². The number of aryl methyl sites for hydroxylation is 1. The summed E-state index contributed by atoms with van der Waals surface area (Å²) >= 11 is 0. The van der Waals surface area contributed by atoms with E-state index >= 15 is 0 Å². The van der Waals surface area contributed by atoms with Gasteiger partial charge in [0, 0.05) is 30.9 Å². The number of hydrogen-bond donors (Lipinski definition) is 1. The number of fused-ring (bicyclic) bond motifs is 1. The van der Waals surface area contributed by atoms with Crippen molar-refractivity contribution in [2.45, 2.75) is 13.0 Å². The quantitative estimate of drug-likeness (QED) is 0.668. The van der Waals surface area contributed by atoms with Crippen LogP contribution in [0.25, 0.3) is 11.3 Å². The van der Waals surface area contributed by atoms with E-state index < -0.39 is 35.3 Å². The summed E-state index contributed by atoms with van der Waals surface area (Å²) in [4.78, 5) is 38.4. The first-order valence-electron chi connectivity index (χ1n) is 9.40. The van der Waals surface area contributed by atoms with E-state index in [1.807, 2.05) is 0 Å². The second-order valence-corrected chi connectivity index (χ2v) is 7.05. The summed E-state index contributed by atoms with van der Waals surface area (Å²) < 4.78 is 46.6. The molecule has 1 atom stereocenters. The average Bonchev–Trinajstić information content (AvgIpc) is 2.85. The summed E-state index contributed by atoms with van der Waals surface area (Å²) in [5, 5.41) is 2.47. The van der Waals surface area contributed by atoms with E-state index in [1.165, 1.54) is 26.2 Å². The molecular formula is C21H16F3N5O3. The van der Waals surface area contributed by atoms with E-state index in [0.717, 1.165) is 29.3 Å². The Morgan fingerprint density at radius 1 is 1.19 bits per heavy atom. The molecule has 4 rings (SSSR count). The Labute approximate surface area is 180 Å². The highest BCUT2D eigenvalue weighted by Gasteiger charge is 2.32. The molecule has 0 saturated heterocycles. The predicted octanol–water partition coefficient (Wildman–Crippen LogP) is 2.42. The Kier molecular flexibility index (Phi) is 5.47. The van der Waals surface area contributed by atoms with Crippen LogP contribution in [0, 0.1) is 24.4 Å². The van der Waals surface area contributed by atoms with Gasteiger partial charge >= 0.3 is 0 Å². The smallest absolute Gasteiger partial charge is 0.289 e. The molecule has 0 bridgehead atoms. The number of carbonyl (C=O) groups excluding carboxylic acids is 2. The zero-order chi connectivity index (χ0) is 23.0. The van der Waals surface area contributed by atoms with Gasteiger partial charge in [-0.2, -0.15) is 0 Å². The van der Waals surface area contributed by atoms with Crippen molar-refractivity contribution in [1.82, 2.24) is 20.3 Å². The minimum atomic E-state index is -1.14. The zero-order valence-electron chi connectivity index (χ0n) is 16.9. The van der Waals surface area contributed by atoms with E-state index in [2.05, 4.69) is 20.3 Å². The number of amides is 2. The largest absolute Gasteiger partial charge is 0.487 e. The van der Waals surface area contributed by atoms with Crippen molar-refractivity contribution < 1.29 is 27.5 Å². The molecule has 1 N–H and O–H groups in total. The molecule has 32 heavy (non-hydrogen) atoms. The van der Waals surface area contributed by atoms with Crippen molar-refractivity contribution in [3.63, 3.8) is 0 Å². The molecule has 164 valence electrons. The molecule has 2 aromatic heterocycles. The highest BCUT2D eigenvalue weighted by Crippen LogP contribution is 2.29. The molecule has 2 amide bonds. The third-order valence-corrected chi connectivity index (χ3v) is 4.82. The van der Waals surface area contributed by atoms with Gasteiger partial charge in [0.05, 0.1) is 11.9 Å². The monoisotopic (exact) mass is 443 g/mol. The van der Waals surface area contributed by atoms with Crippen molar-refractivity contribution in [2.24, 2.45) is 0 Å². The molecule has 0 radical (unpaired) electrons. The number of rotatable bonds is 3. The van der Waals surface area contributed by atoms with Crippen molar-refractivity contribution in [1.29, 1.82) is 0 Å². The van der Waals surface area contributed by atoms with Gasteiger partial charge in [0.25, 0.3) is 11.8 Å². The Bertz CT molecular complexity index is 1210. The van der Waals surface area contributed by atoms with Crippen LogP contribution < -0.4 is 15.0 Å². The lowest BCUT2D eigenvalue weighted by atomic mass is 10.0. The first kappa shape index (κ1) is 21.2. The predicted molar refractivity (Wildman–Crippen MR) is 106 cm³/mol. The van der Waals surface area contributed by atoms with Crippen LogP contribution in [0.2, 0.25) is 0 Å². The molecule has 0 spiro atoms. The molecule has 3 heterocycles. The number of carbonyl (C=O) groups is 2. The van der Waals surface area contributed by atoms with Crippen molar-refractivity contribution in [3.05, 3.63) is 65.5 Å². The van der Waals surface area contributed by atoms with E-state index in [0.29, 0.717) is 5.56 Å². The average molecular weight is 443 g/mol. The van der Waals surface area contributed by atoms with E-state index in [1.54, 1.807) is 0 Å². The number of benzene rings is 1. The van der Waals surface area contributed by atoms with Crippen LogP contribution in [-0.2, 0) is 4.79 Å². The van der Waals surface area contributed by atoms with Crippen LogP contribution in [-0.4, -0.2) is 46.5 Å². The minimum Gasteiger partial charge on any atom is -0.487 e. The number of aromatic nitrogens is 3. The number of hydrogen-bond acceptors (Lipinski definition) is 6. The molecule has 3 aromatic rings. The molecule has 0 saturated carbocycles. The van der Waals surface area contributed by atoms with Gasteiger partial charge in [-0.05, 0) is 24.6 Å². The van der Waals surface area contributed by atoms with Crippen LogP contribution in [0.15, 0.2) is 36.7 Å². The van der Waals surface area contributed by atoms with Crippen molar-refractivity contribution in [3.8, 4) is 17.0 Å². The standard InChI is InChI=1S/C21H16F3N5O3/c1-10-5-11(22)6-13(24)17(10)14-3-4-25-18(27-14)20(30)28-15-9-32-16-7-12(23)8-26-19(16)29(2)21(15)31/h3-8,15H,9H2,1-2H3,(H,28,30). The first-order chi connectivity index (χ1) is 15.2. The van der Waals surface area contributed by atoms with Gasteiger partial charge in [0.15, 0.2) is 11.6 Å². The maximum Gasteiger partial charge on any atom is 0.289 e. The second kappa shape index (κ2) is 8.25. The number of pyridine rings is 1. The Balaban J connectivity index is 1.58. The van der Waals surface area contributed by atoms with E-state index in [4.69, 9.17) is 4.74 Å². The van der Waals surface area contributed by atoms with Crippen molar-refractivity contribution in [2.75, 3.05) is 18.6 Å². The number of nitrogens with one attached hydrogen (secondary N) is 1. The van der Waals surface area contributed by atoms with Crippen LogP contribution in [0.1, 0.15) is 16.2 Å². The van der Waals surface area contributed by atoms with Gasteiger partial charge < -0.3 is 10.1 Å². The summed E-state index contributed by atoms with van der Waals surface area (Å²) in [5.41, 5.74) is 0.395. The fraction of sp³-hybridized carbons (Fsp3) is 0.190. The SMILES string of the molecule is Cc1cc(F)cc(F)c1-c1ccnc(C(=O)NC2COc3cc(F)cnc3N(C)C2=O)n1. The van der Waals surface area contributed by atoms with Gasteiger partial charge in [-0.15, -0.1) is 0 Å². The Morgan fingerprint density at radius 2 is 1.97 bits per heavy atom. The van der Waals surface area contributed by atoms with E-state index in [-0.39, 0.29) is 35.3 Å². The number of anilines is 1. The summed E-state index contributed by atoms with van der Waals surface area (Å²) in [6.07, 6.45) is 2.19. The molecule has 8 nitrogen and oxygen atoms in total.